The molecule has 0 spiro atoms. The summed E-state index contributed by atoms with van der Waals surface area (Å²) >= 11 is 0. The van der Waals surface area contributed by atoms with Crippen LogP contribution in [0.25, 0.3) is 32.3 Å². The molecule has 0 aliphatic heterocycles. The maximum absolute atomic E-state index is 13.5. The van der Waals surface area contributed by atoms with E-state index in [2.05, 4.69) is 46.4 Å². The Morgan fingerprint density at radius 2 is 1.29 bits per heavy atom. The van der Waals surface area contributed by atoms with Gasteiger partial charge in [0.25, 0.3) is 5.91 Å². The fraction of sp³-hybridized carbons (Fsp3) is 0.190. The number of hydroxylamine groups is 1. The van der Waals surface area contributed by atoms with Crippen LogP contribution in [0.5, 0.6) is 0 Å². The summed E-state index contributed by atoms with van der Waals surface area (Å²) in [5.74, 6) is -2.06. The first-order valence-corrected chi connectivity index (χ1v) is 16.8. The highest BCUT2D eigenvalue weighted by Gasteiger charge is 2.24. The van der Waals surface area contributed by atoms with Crippen LogP contribution in [0.4, 0.5) is 4.79 Å². The summed E-state index contributed by atoms with van der Waals surface area (Å²) in [5.41, 5.74) is 6.79. The molecule has 0 fully saturated rings. The molecule has 0 saturated carbocycles. The number of hydrogen-bond donors (Lipinski definition) is 3. The van der Waals surface area contributed by atoms with E-state index in [1.807, 2.05) is 85.8 Å². The van der Waals surface area contributed by atoms with Gasteiger partial charge in [-0.1, -0.05) is 109 Å². The van der Waals surface area contributed by atoms with E-state index in [0.717, 1.165) is 60.1 Å². The quantitative estimate of drug-likeness (QED) is 0.106. The number of alkyl carbamates (subject to hydrolysis) is 1. The Hall–Kier alpha value is -6.22. The Bertz CT molecular complexity index is 2200. The lowest BCUT2D eigenvalue weighted by atomic mass is 9.95. The number of aryl methyl sites for hydroxylation is 3. The van der Waals surface area contributed by atoms with Gasteiger partial charge in [0.15, 0.2) is 0 Å². The largest absolute Gasteiger partial charge is 0.449 e. The van der Waals surface area contributed by atoms with Gasteiger partial charge < -0.3 is 20.2 Å². The molecule has 51 heavy (non-hydrogen) atoms. The Morgan fingerprint density at radius 1 is 0.686 bits per heavy atom. The van der Waals surface area contributed by atoms with Gasteiger partial charge in [0, 0.05) is 12.8 Å². The third-order valence-corrected chi connectivity index (χ3v) is 8.89. The Balaban J connectivity index is 1.10. The molecule has 9 heteroatoms. The number of hydrogen-bond acceptors (Lipinski definition) is 6. The molecule has 0 bridgehead atoms. The molecule has 6 rings (SSSR count). The number of fused-ring (bicyclic) bond motifs is 3. The number of amides is 3. The summed E-state index contributed by atoms with van der Waals surface area (Å²) in [6.07, 6.45) is -0.151. The van der Waals surface area contributed by atoms with E-state index < -0.39 is 36.5 Å². The normalized spacial score (nSPS) is 11.6. The molecule has 9 nitrogen and oxygen atoms in total. The lowest BCUT2D eigenvalue weighted by Crippen LogP contribution is -2.50. The highest BCUT2D eigenvalue weighted by Crippen LogP contribution is 2.29. The minimum Gasteiger partial charge on any atom is -0.449 e. The fourth-order valence-corrected chi connectivity index (χ4v) is 6.60. The van der Waals surface area contributed by atoms with Crippen LogP contribution in [-0.4, -0.2) is 43.1 Å². The van der Waals surface area contributed by atoms with Crippen molar-refractivity contribution in [1.82, 2.24) is 16.1 Å². The molecule has 0 heterocycles. The van der Waals surface area contributed by atoms with Crippen LogP contribution in [0, 0.1) is 20.8 Å². The van der Waals surface area contributed by atoms with Crippen molar-refractivity contribution in [3.8, 4) is 0 Å². The van der Waals surface area contributed by atoms with Gasteiger partial charge in [-0.2, -0.15) is 5.48 Å². The maximum atomic E-state index is 13.5. The van der Waals surface area contributed by atoms with E-state index in [-0.39, 0.29) is 13.0 Å². The molecule has 0 aromatic heterocycles. The maximum Gasteiger partial charge on any atom is 0.407 e. The first-order chi connectivity index (χ1) is 24.7. The van der Waals surface area contributed by atoms with Crippen molar-refractivity contribution in [3.63, 3.8) is 0 Å². The van der Waals surface area contributed by atoms with E-state index in [9.17, 15) is 19.2 Å². The van der Waals surface area contributed by atoms with Crippen LogP contribution in [0.1, 0.15) is 38.2 Å². The minimum absolute atomic E-state index is 0.0852. The standard InChI is InChI=1S/C42H39N3O6/c1-26-20-27(2)39(28(3)21-26)41(48)51-45-38(46)25-43-40(47)37(23-29-16-17-30-10-4-5-11-31(30)22-29)44-42(49)50-19-18-36-34-14-8-6-12-32(34)24-33-13-7-9-15-35(33)36/h4-17,20-22,24,37H,18-19,23,25H2,1-3H3,(H,43,47)(H,44,49)(H,45,46)/t37-/m0/s1. The minimum atomic E-state index is -1.06. The van der Waals surface area contributed by atoms with Crippen molar-refractivity contribution in [2.24, 2.45) is 0 Å². The molecular formula is C42H39N3O6. The highest BCUT2D eigenvalue weighted by atomic mass is 16.7. The number of carbonyl (C=O) groups excluding carboxylic acids is 4. The molecule has 0 aliphatic rings. The molecule has 258 valence electrons. The molecule has 6 aromatic carbocycles. The topological polar surface area (TPSA) is 123 Å². The third kappa shape index (κ3) is 8.33. The van der Waals surface area contributed by atoms with Gasteiger partial charge in [-0.15, -0.1) is 0 Å². The van der Waals surface area contributed by atoms with E-state index in [4.69, 9.17) is 9.57 Å². The summed E-state index contributed by atoms with van der Waals surface area (Å²) in [5, 5.41) is 11.6. The van der Waals surface area contributed by atoms with Crippen LogP contribution in [0.2, 0.25) is 0 Å². The molecule has 0 aliphatic carbocycles. The molecule has 0 unspecified atom stereocenters. The smallest absolute Gasteiger partial charge is 0.407 e. The van der Waals surface area contributed by atoms with Crippen molar-refractivity contribution in [2.45, 2.75) is 39.7 Å². The Kier molecular flexibility index (Phi) is 10.6. The lowest BCUT2D eigenvalue weighted by Gasteiger charge is -2.19. The van der Waals surface area contributed by atoms with Crippen molar-refractivity contribution in [1.29, 1.82) is 0 Å². The molecule has 0 radical (unpaired) electrons. The second-order valence-corrected chi connectivity index (χ2v) is 12.7. The van der Waals surface area contributed by atoms with Crippen LogP contribution in [-0.2, 0) is 32.0 Å². The Morgan fingerprint density at radius 3 is 1.96 bits per heavy atom. The van der Waals surface area contributed by atoms with E-state index in [1.165, 1.54) is 0 Å². The van der Waals surface area contributed by atoms with Crippen LogP contribution >= 0.6 is 0 Å². The SMILES string of the molecule is Cc1cc(C)c(C(=O)ONC(=O)CNC(=O)[C@H](Cc2ccc3ccccc3c2)NC(=O)OCCc2c3ccccc3cc3ccccc23)c(C)c1. The van der Waals surface area contributed by atoms with Crippen molar-refractivity contribution in [3.05, 3.63) is 143 Å². The first kappa shape index (κ1) is 34.6. The number of carbonyl (C=O) groups is 4. The zero-order chi connectivity index (χ0) is 35.9. The highest BCUT2D eigenvalue weighted by molar-refractivity contribution is 6.02. The van der Waals surface area contributed by atoms with Crippen LogP contribution in [0.3, 0.4) is 0 Å². The van der Waals surface area contributed by atoms with Gasteiger partial charge >= 0.3 is 12.1 Å². The summed E-state index contributed by atoms with van der Waals surface area (Å²) in [6.45, 7) is 5.10. The third-order valence-electron chi connectivity index (χ3n) is 8.89. The monoisotopic (exact) mass is 681 g/mol. The number of nitrogens with one attached hydrogen (secondary N) is 3. The number of rotatable bonds is 10. The Labute approximate surface area is 295 Å². The van der Waals surface area contributed by atoms with Crippen molar-refractivity contribution < 1.29 is 28.8 Å². The zero-order valence-electron chi connectivity index (χ0n) is 28.7. The van der Waals surface area contributed by atoms with E-state index >= 15 is 0 Å². The van der Waals surface area contributed by atoms with Gasteiger partial charge in [0.2, 0.25) is 5.91 Å². The van der Waals surface area contributed by atoms with Crippen LogP contribution < -0.4 is 16.1 Å². The predicted octanol–water partition coefficient (Wildman–Crippen LogP) is 6.96. The summed E-state index contributed by atoms with van der Waals surface area (Å²) < 4.78 is 5.62. The second kappa shape index (κ2) is 15.6. The van der Waals surface area contributed by atoms with Gasteiger partial charge in [0.05, 0.1) is 18.7 Å². The molecule has 1 atom stereocenters. The molecule has 3 amide bonds. The average molecular weight is 682 g/mol. The van der Waals surface area contributed by atoms with Crippen LogP contribution in [0.15, 0.2) is 109 Å². The van der Waals surface area contributed by atoms with Gasteiger partial charge in [-0.05, 0) is 81.4 Å². The van der Waals surface area contributed by atoms with Crippen molar-refractivity contribution >= 4 is 56.2 Å². The fourth-order valence-electron chi connectivity index (χ4n) is 6.60. The van der Waals surface area contributed by atoms with Crippen molar-refractivity contribution in [2.75, 3.05) is 13.2 Å². The van der Waals surface area contributed by atoms with E-state index in [1.54, 1.807) is 13.8 Å². The summed E-state index contributed by atoms with van der Waals surface area (Å²) in [4.78, 5) is 56.9. The first-order valence-electron chi connectivity index (χ1n) is 16.8. The van der Waals surface area contributed by atoms with Gasteiger partial charge in [0.1, 0.15) is 6.04 Å². The molecule has 3 N–H and O–H groups in total. The molecule has 6 aromatic rings. The molecule has 0 saturated heterocycles. The van der Waals surface area contributed by atoms with E-state index in [0.29, 0.717) is 12.0 Å². The lowest BCUT2D eigenvalue weighted by molar-refractivity contribution is -0.132. The second-order valence-electron chi connectivity index (χ2n) is 12.7. The summed E-state index contributed by atoms with van der Waals surface area (Å²) in [6, 6.07) is 34.6. The average Bonchev–Trinajstić information content (AvgIpc) is 3.12. The van der Waals surface area contributed by atoms with Gasteiger partial charge in [-0.3, -0.25) is 9.59 Å². The van der Waals surface area contributed by atoms with Gasteiger partial charge in [-0.25, -0.2) is 9.59 Å². The molecular weight excluding hydrogens is 642 g/mol. The summed E-state index contributed by atoms with van der Waals surface area (Å²) in [7, 11) is 0. The zero-order valence-corrected chi connectivity index (χ0v) is 28.7. The predicted molar refractivity (Wildman–Crippen MR) is 198 cm³/mol. The number of ether oxygens (including phenoxy) is 1. The number of benzene rings is 6.